The second kappa shape index (κ2) is 10.7. The first-order valence-corrected chi connectivity index (χ1v) is 11.1. The number of aromatic nitrogens is 4. The van der Waals surface area contributed by atoms with Crippen molar-refractivity contribution in [2.24, 2.45) is 0 Å². The zero-order valence-corrected chi connectivity index (χ0v) is 19.6. The van der Waals surface area contributed by atoms with Crippen molar-refractivity contribution in [1.29, 1.82) is 0 Å². The van der Waals surface area contributed by atoms with E-state index in [1.807, 2.05) is 6.07 Å². The van der Waals surface area contributed by atoms with Gasteiger partial charge in [-0.1, -0.05) is 0 Å². The minimum Gasteiger partial charge on any atom is -0.494 e. The van der Waals surface area contributed by atoms with Crippen LogP contribution in [0.25, 0.3) is 0 Å². The summed E-state index contributed by atoms with van der Waals surface area (Å²) in [6.45, 7) is 6.27. The third-order valence-electron chi connectivity index (χ3n) is 5.75. The SMILES string of the molecule is COc1cc(C)c(F)c(COc2cnc(Nc3cc(CN4CCCN(C)CC4)[nH]n3)nc2)c1F. The highest BCUT2D eigenvalue weighted by molar-refractivity contribution is 5.48. The van der Waals surface area contributed by atoms with Crippen molar-refractivity contribution in [2.75, 3.05) is 45.7 Å². The number of methoxy groups -OCH3 is 1. The number of aromatic amines is 1. The number of likely N-dealkylation sites (N-methyl/N-ethyl adjacent to an activating group) is 1. The molecule has 3 aromatic rings. The highest BCUT2D eigenvalue weighted by atomic mass is 19.1. The van der Waals surface area contributed by atoms with E-state index < -0.39 is 11.6 Å². The van der Waals surface area contributed by atoms with E-state index in [2.05, 4.69) is 42.3 Å². The van der Waals surface area contributed by atoms with Crippen LogP contribution in [0.15, 0.2) is 24.5 Å². The molecule has 0 unspecified atom stereocenters. The van der Waals surface area contributed by atoms with Crippen LogP contribution in [0.4, 0.5) is 20.5 Å². The van der Waals surface area contributed by atoms with Gasteiger partial charge in [0.05, 0.1) is 30.8 Å². The molecule has 1 aromatic carbocycles. The van der Waals surface area contributed by atoms with Crippen molar-refractivity contribution in [3.8, 4) is 11.5 Å². The van der Waals surface area contributed by atoms with E-state index in [1.54, 1.807) is 0 Å². The van der Waals surface area contributed by atoms with Crippen LogP contribution in [0.1, 0.15) is 23.2 Å². The zero-order chi connectivity index (χ0) is 24.1. The summed E-state index contributed by atoms with van der Waals surface area (Å²) in [5.74, 6) is -0.276. The first kappa shape index (κ1) is 23.8. The summed E-state index contributed by atoms with van der Waals surface area (Å²) in [7, 11) is 3.48. The average molecular weight is 474 g/mol. The summed E-state index contributed by atoms with van der Waals surface area (Å²) in [5.41, 5.74) is 1.07. The molecule has 0 spiro atoms. The smallest absolute Gasteiger partial charge is 0.228 e. The molecule has 1 fully saturated rings. The Morgan fingerprint density at radius 1 is 1.09 bits per heavy atom. The number of hydrogen-bond acceptors (Lipinski definition) is 8. The fraction of sp³-hybridized carbons (Fsp3) is 0.435. The van der Waals surface area contributed by atoms with Crippen LogP contribution < -0.4 is 14.8 Å². The van der Waals surface area contributed by atoms with Gasteiger partial charge in [-0.2, -0.15) is 5.10 Å². The summed E-state index contributed by atoms with van der Waals surface area (Å²) in [5, 5.41) is 10.4. The second-order valence-electron chi connectivity index (χ2n) is 8.37. The highest BCUT2D eigenvalue weighted by Crippen LogP contribution is 2.27. The Morgan fingerprint density at radius 3 is 2.65 bits per heavy atom. The maximum Gasteiger partial charge on any atom is 0.228 e. The fourth-order valence-corrected chi connectivity index (χ4v) is 3.81. The van der Waals surface area contributed by atoms with Crippen molar-refractivity contribution < 1.29 is 18.3 Å². The number of anilines is 2. The molecule has 0 saturated carbocycles. The molecule has 11 heteroatoms. The predicted molar refractivity (Wildman–Crippen MR) is 123 cm³/mol. The van der Waals surface area contributed by atoms with E-state index in [4.69, 9.17) is 9.47 Å². The Balaban J connectivity index is 1.33. The first-order chi connectivity index (χ1) is 16.4. The molecule has 0 aliphatic carbocycles. The molecule has 9 nitrogen and oxygen atoms in total. The van der Waals surface area contributed by atoms with Crippen LogP contribution in [0.5, 0.6) is 11.5 Å². The van der Waals surface area contributed by atoms with Gasteiger partial charge in [-0.25, -0.2) is 18.7 Å². The minimum absolute atomic E-state index is 0.0325. The van der Waals surface area contributed by atoms with Gasteiger partial charge in [-0.05, 0) is 45.1 Å². The molecule has 34 heavy (non-hydrogen) atoms. The minimum atomic E-state index is -0.786. The number of halogens is 2. The van der Waals surface area contributed by atoms with Gasteiger partial charge in [0.15, 0.2) is 23.1 Å². The third-order valence-corrected chi connectivity index (χ3v) is 5.75. The third kappa shape index (κ3) is 5.78. The number of nitrogens with zero attached hydrogens (tertiary/aromatic N) is 5. The van der Waals surface area contributed by atoms with Gasteiger partial charge >= 0.3 is 0 Å². The van der Waals surface area contributed by atoms with Crippen molar-refractivity contribution in [2.45, 2.75) is 26.5 Å². The molecule has 0 bridgehead atoms. The van der Waals surface area contributed by atoms with Crippen LogP contribution in [0.2, 0.25) is 0 Å². The lowest BCUT2D eigenvalue weighted by Crippen LogP contribution is -2.28. The number of rotatable bonds is 8. The molecule has 1 saturated heterocycles. The lowest BCUT2D eigenvalue weighted by molar-refractivity contribution is 0.266. The van der Waals surface area contributed by atoms with Gasteiger partial charge < -0.3 is 19.7 Å². The quantitative estimate of drug-likeness (QED) is 0.515. The fourth-order valence-electron chi connectivity index (χ4n) is 3.81. The molecule has 1 aliphatic rings. The summed E-state index contributed by atoms with van der Waals surface area (Å²) < 4.78 is 39.2. The van der Waals surface area contributed by atoms with Gasteiger partial charge in [0.1, 0.15) is 12.4 Å². The molecule has 0 radical (unpaired) electrons. The maximum absolute atomic E-state index is 14.4. The van der Waals surface area contributed by atoms with Gasteiger partial charge in [-0.3, -0.25) is 10.00 Å². The standard InChI is InChI=1S/C23H29F2N7O2/c1-15-9-19(33-3)22(25)18(21(15)24)14-34-17-11-26-23(27-12-17)28-20-10-16(29-30-20)13-32-6-4-5-31(2)7-8-32/h9-12H,4-8,13-14H2,1-3H3,(H2,26,27,28,29,30). The largest absolute Gasteiger partial charge is 0.494 e. The summed E-state index contributed by atoms with van der Waals surface area (Å²) in [6, 6.07) is 3.24. The topological polar surface area (TPSA) is 91.4 Å². The molecule has 0 atom stereocenters. The van der Waals surface area contributed by atoms with Crippen LogP contribution in [0, 0.1) is 18.6 Å². The number of ether oxygens (including phenoxy) is 2. The van der Waals surface area contributed by atoms with Gasteiger partial charge in [0, 0.05) is 25.7 Å². The van der Waals surface area contributed by atoms with Gasteiger partial charge in [-0.15, -0.1) is 0 Å². The Kier molecular flexibility index (Phi) is 7.53. The van der Waals surface area contributed by atoms with Crippen molar-refractivity contribution >= 4 is 11.8 Å². The van der Waals surface area contributed by atoms with Crippen molar-refractivity contribution in [1.82, 2.24) is 30.0 Å². The summed E-state index contributed by atoms with van der Waals surface area (Å²) in [6.07, 6.45) is 4.01. The van der Waals surface area contributed by atoms with E-state index >= 15 is 0 Å². The maximum atomic E-state index is 14.4. The molecular formula is C23H29F2N7O2. The second-order valence-corrected chi connectivity index (χ2v) is 8.37. The number of nitrogens with one attached hydrogen (secondary N) is 2. The van der Waals surface area contributed by atoms with Crippen LogP contribution >= 0.6 is 0 Å². The van der Waals surface area contributed by atoms with Crippen molar-refractivity contribution in [3.63, 3.8) is 0 Å². The average Bonchev–Trinajstić information content (AvgIpc) is 3.16. The Hall–Kier alpha value is -3.31. The Bertz CT molecular complexity index is 1110. The van der Waals surface area contributed by atoms with Crippen LogP contribution in [-0.2, 0) is 13.2 Å². The van der Waals surface area contributed by atoms with E-state index in [0.29, 0.717) is 11.8 Å². The van der Waals surface area contributed by atoms with E-state index in [-0.39, 0.29) is 29.2 Å². The normalized spacial score (nSPS) is 15.2. The number of hydrogen-bond donors (Lipinski definition) is 2. The molecule has 1 aliphatic heterocycles. The van der Waals surface area contributed by atoms with Gasteiger partial charge in [0.2, 0.25) is 5.95 Å². The molecule has 3 heterocycles. The van der Waals surface area contributed by atoms with E-state index in [0.717, 1.165) is 44.8 Å². The Morgan fingerprint density at radius 2 is 1.88 bits per heavy atom. The van der Waals surface area contributed by atoms with Gasteiger partial charge in [0.25, 0.3) is 0 Å². The van der Waals surface area contributed by atoms with E-state index in [9.17, 15) is 8.78 Å². The number of H-pyrrole nitrogens is 1. The molecule has 182 valence electrons. The van der Waals surface area contributed by atoms with Crippen LogP contribution in [0.3, 0.4) is 0 Å². The zero-order valence-electron chi connectivity index (χ0n) is 19.6. The van der Waals surface area contributed by atoms with Crippen molar-refractivity contribution in [3.05, 3.63) is 53.0 Å². The first-order valence-electron chi connectivity index (χ1n) is 11.1. The summed E-state index contributed by atoms with van der Waals surface area (Å²) >= 11 is 0. The molecule has 0 amide bonds. The van der Waals surface area contributed by atoms with Crippen LogP contribution in [-0.4, -0.2) is 70.3 Å². The highest BCUT2D eigenvalue weighted by Gasteiger charge is 2.18. The molecule has 2 N–H and O–H groups in total. The van der Waals surface area contributed by atoms with E-state index in [1.165, 1.54) is 32.5 Å². The lowest BCUT2D eigenvalue weighted by atomic mass is 10.1. The molecular weight excluding hydrogens is 444 g/mol. The summed E-state index contributed by atoms with van der Waals surface area (Å²) in [4.78, 5) is 13.1. The predicted octanol–water partition coefficient (Wildman–Crippen LogP) is 3.26. The number of aryl methyl sites for hydroxylation is 1. The Labute approximate surface area is 197 Å². The monoisotopic (exact) mass is 473 g/mol. The lowest BCUT2D eigenvalue weighted by Gasteiger charge is -2.18. The number of benzene rings is 1. The molecule has 4 rings (SSSR count). The molecule has 2 aromatic heterocycles.